The molecular weight excluding hydrogens is 264 g/mol. The lowest BCUT2D eigenvalue weighted by Crippen LogP contribution is -2.35. The third-order valence-electron chi connectivity index (χ3n) is 2.13. The largest absolute Gasteiger partial charge is 0.395 e. The Morgan fingerprint density at radius 1 is 1.24 bits per heavy atom. The number of aliphatic hydroxyl groups is 2. The fraction of sp³-hybridized carbons (Fsp3) is 0.556. The molecule has 0 radical (unpaired) electrons. The van der Waals surface area contributed by atoms with Crippen LogP contribution in [0.2, 0.25) is 0 Å². The van der Waals surface area contributed by atoms with E-state index in [-0.39, 0.29) is 30.5 Å². The Hall–Kier alpha value is -0.510. The molecule has 0 aliphatic carbocycles. The molecule has 0 aliphatic rings. The van der Waals surface area contributed by atoms with Gasteiger partial charge in [-0.1, -0.05) is 0 Å². The normalized spacial score (nSPS) is 12.2. The van der Waals surface area contributed by atoms with Crippen molar-refractivity contribution in [3.8, 4) is 0 Å². The fourth-order valence-electron chi connectivity index (χ4n) is 1.31. The van der Waals surface area contributed by atoms with Gasteiger partial charge in [-0.2, -0.15) is 4.31 Å². The van der Waals surface area contributed by atoms with Crippen molar-refractivity contribution < 1.29 is 18.6 Å². The molecule has 0 aromatic carbocycles. The SMILES string of the molecule is NCc1ccc(S(=O)(=O)N(CCO)CCO)s1. The predicted octanol–water partition coefficient (Wildman–Crippen LogP) is -0.818. The van der Waals surface area contributed by atoms with Crippen LogP contribution >= 0.6 is 11.3 Å². The number of rotatable bonds is 7. The zero-order valence-electron chi connectivity index (χ0n) is 9.24. The Kier molecular flexibility index (Phi) is 5.50. The van der Waals surface area contributed by atoms with E-state index in [9.17, 15) is 8.42 Å². The highest BCUT2D eigenvalue weighted by Crippen LogP contribution is 2.24. The van der Waals surface area contributed by atoms with E-state index in [0.29, 0.717) is 6.54 Å². The highest BCUT2D eigenvalue weighted by atomic mass is 32.2. The average molecular weight is 280 g/mol. The van der Waals surface area contributed by atoms with E-state index < -0.39 is 10.0 Å². The first-order valence-corrected chi connectivity index (χ1v) is 7.32. The topological polar surface area (TPSA) is 104 Å². The third kappa shape index (κ3) is 3.47. The van der Waals surface area contributed by atoms with Gasteiger partial charge in [-0.3, -0.25) is 0 Å². The molecule has 0 amide bonds. The minimum atomic E-state index is -3.64. The highest BCUT2D eigenvalue weighted by Gasteiger charge is 2.25. The minimum absolute atomic E-state index is 0.0290. The van der Waals surface area contributed by atoms with Gasteiger partial charge in [-0.15, -0.1) is 11.3 Å². The fourth-order valence-corrected chi connectivity index (χ4v) is 4.12. The summed E-state index contributed by atoms with van der Waals surface area (Å²) in [5, 5.41) is 17.6. The van der Waals surface area contributed by atoms with E-state index in [1.807, 2.05) is 0 Å². The summed E-state index contributed by atoms with van der Waals surface area (Å²) in [4.78, 5) is 0.775. The summed E-state index contributed by atoms with van der Waals surface area (Å²) >= 11 is 1.10. The summed E-state index contributed by atoms with van der Waals surface area (Å²) in [6.45, 7) is -0.333. The van der Waals surface area contributed by atoms with Gasteiger partial charge in [0.05, 0.1) is 13.2 Å². The monoisotopic (exact) mass is 280 g/mol. The lowest BCUT2D eigenvalue weighted by molar-refractivity contribution is 0.217. The van der Waals surface area contributed by atoms with Gasteiger partial charge >= 0.3 is 0 Å². The second kappa shape index (κ2) is 6.43. The third-order valence-corrected chi connectivity index (χ3v) is 5.60. The molecule has 17 heavy (non-hydrogen) atoms. The van der Waals surface area contributed by atoms with Crippen LogP contribution in [-0.2, 0) is 16.6 Å². The molecule has 0 aliphatic heterocycles. The molecule has 98 valence electrons. The summed E-state index contributed by atoms with van der Waals surface area (Å²) in [7, 11) is -3.64. The van der Waals surface area contributed by atoms with Crippen molar-refractivity contribution in [3.63, 3.8) is 0 Å². The van der Waals surface area contributed by atoms with Gasteiger partial charge in [-0.05, 0) is 12.1 Å². The lowest BCUT2D eigenvalue weighted by atomic mass is 10.5. The smallest absolute Gasteiger partial charge is 0.252 e. The second-order valence-corrected chi connectivity index (χ2v) is 6.61. The Balaban J connectivity index is 2.98. The van der Waals surface area contributed by atoms with Crippen molar-refractivity contribution in [2.75, 3.05) is 26.3 Å². The molecule has 0 unspecified atom stereocenters. The van der Waals surface area contributed by atoms with E-state index in [0.717, 1.165) is 20.5 Å². The van der Waals surface area contributed by atoms with Crippen molar-refractivity contribution in [1.29, 1.82) is 0 Å². The van der Waals surface area contributed by atoms with Gasteiger partial charge in [0.15, 0.2) is 0 Å². The maximum Gasteiger partial charge on any atom is 0.252 e. The van der Waals surface area contributed by atoms with E-state index in [1.165, 1.54) is 6.07 Å². The molecule has 0 bridgehead atoms. The summed E-state index contributed by atoms with van der Waals surface area (Å²) in [6.07, 6.45) is 0. The number of aliphatic hydroxyl groups excluding tert-OH is 2. The second-order valence-electron chi connectivity index (χ2n) is 3.28. The molecule has 1 heterocycles. The van der Waals surface area contributed by atoms with Crippen LogP contribution in [-0.4, -0.2) is 49.2 Å². The molecule has 0 saturated carbocycles. The van der Waals surface area contributed by atoms with Gasteiger partial charge in [0.25, 0.3) is 10.0 Å². The van der Waals surface area contributed by atoms with Gasteiger partial charge in [0, 0.05) is 24.5 Å². The molecule has 8 heteroatoms. The van der Waals surface area contributed by atoms with Crippen LogP contribution in [0.3, 0.4) is 0 Å². The van der Waals surface area contributed by atoms with E-state index in [2.05, 4.69) is 0 Å². The van der Waals surface area contributed by atoms with Crippen molar-refractivity contribution in [3.05, 3.63) is 17.0 Å². The number of hydrogen-bond acceptors (Lipinski definition) is 6. The molecule has 0 spiro atoms. The quantitative estimate of drug-likeness (QED) is 0.605. The molecule has 0 fully saturated rings. The Bertz CT molecular complexity index is 438. The molecular formula is C9H16N2O4S2. The van der Waals surface area contributed by atoms with Gasteiger partial charge in [0.1, 0.15) is 4.21 Å². The van der Waals surface area contributed by atoms with Crippen molar-refractivity contribution in [1.82, 2.24) is 4.31 Å². The molecule has 1 aromatic heterocycles. The number of hydrogen-bond donors (Lipinski definition) is 3. The van der Waals surface area contributed by atoms with E-state index >= 15 is 0 Å². The van der Waals surface area contributed by atoms with Gasteiger partial charge in [-0.25, -0.2) is 8.42 Å². The van der Waals surface area contributed by atoms with Gasteiger partial charge < -0.3 is 15.9 Å². The van der Waals surface area contributed by atoms with Crippen molar-refractivity contribution in [2.24, 2.45) is 5.73 Å². The van der Waals surface area contributed by atoms with E-state index in [4.69, 9.17) is 15.9 Å². The van der Waals surface area contributed by atoms with Crippen molar-refractivity contribution in [2.45, 2.75) is 10.8 Å². The van der Waals surface area contributed by atoms with Crippen LogP contribution in [0.15, 0.2) is 16.3 Å². The summed E-state index contributed by atoms with van der Waals surface area (Å²) < 4.78 is 25.5. The first kappa shape index (κ1) is 14.6. The summed E-state index contributed by atoms with van der Waals surface area (Å²) in [5.74, 6) is 0. The minimum Gasteiger partial charge on any atom is -0.395 e. The van der Waals surface area contributed by atoms with Crippen molar-refractivity contribution >= 4 is 21.4 Å². The van der Waals surface area contributed by atoms with E-state index in [1.54, 1.807) is 6.07 Å². The molecule has 1 rings (SSSR count). The number of nitrogens with zero attached hydrogens (tertiary/aromatic N) is 1. The van der Waals surface area contributed by atoms with Gasteiger partial charge in [0.2, 0.25) is 0 Å². The summed E-state index contributed by atoms with van der Waals surface area (Å²) in [6, 6.07) is 3.15. The molecule has 4 N–H and O–H groups in total. The zero-order chi connectivity index (χ0) is 12.9. The molecule has 6 nitrogen and oxygen atoms in total. The van der Waals surface area contributed by atoms with Crippen LogP contribution in [0.1, 0.15) is 4.88 Å². The van der Waals surface area contributed by atoms with Crippen LogP contribution in [0.25, 0.3) is 0 Å². The standard InChI is InChI=1S/C9H16N2O4S2/c10-7-8-1-2-9(16-8)17(14,15)11(3-5-12)4-6-13/h1-2,12-13H,3-7,10H2. The van der Waals surface area contributed by atoms with Crippen LogP contribution < -0.4 is 5.73 Å². The Labute approximate surface area is 104 Å². The maximum atomic E-state index is 12.1. The zero-order valence-corrected chi connectivity index (χ0v) is 10.9. The lowest BCUT2D eigenvalue weighted by Gasteiger charge is -2.18. The van der Waals surface area contributed by atoms with Crippen LogP contribution in [0.4, 0.5) is 0 Å². The Morgan fingerprint density at radius 2 is 1.82 bits per heavy atom. The molecule has 0 saturated heterocycles. The highest BCUT2D eigenvalue weighted by molar-refractivity contribution is 7.91. The first-order chi connectivity index (χ1) is 8.06. The first-order valence-electron chi connectivity index (χ1n) is 5.07. The predicted molar refractivity (Wildman–Crippen MR) is 65.1 cm³/mol. The number of sulfonamides is 1. The number of nitrogens with two attached hydrogens (primary N) is 1. The average Bonchev–Trinajstić information content (AvgIpc) is 2.78. The Morgan fingerprint density at radius 3 is 2.24 bits per heavy atom. The van der Waals surface area contributed by atoms with Crippen LogP contribution in [0.5, 0.6) is 0 Å². The molecule has 1 aromatic rings. The number of thiophene rings is 1. The summed E-state index contributed by atoms with van der Waals surface area (Å²) in [5.41, 5.74) is 5.42. The van der Waals surface area contributed by atoms with Crippen LogP contribution in [0, 0.1) is 0 Å². The molecule has 0 atom stereocenters. The maximum absolute atomic E-state index is 12.1.